The maximum absolute atomic E-state index is 4.15. The van der Waals surface area contributed by atoms with E-state index in [2.05, 4.69) is 28.2 Å². The minimum Gasteiger partial charge on any atom is -0.371 e. The summed E-state index contributed by atoms with van der Waals surface area (Å²) in [6.45, 7) is 6.97. The lowest BCUT2D eigenvalue weighted by Crippen LogP contribution is -2.25. The van der Waals surface area contributed by atoms with Gasteiger partial charge in [0.05, 0.1) is 0 Å². The minimum absolute atomic E-state index is 0.859. The van der Waals surface area contributed by atoms with Crippen LogP contribution in [-0.4, -0.2) is 31.2 Å². The fourth-order valence-electron chi connectivity index (χ4n) is 2.87. The zero-order chi connectivity index (χ0) is 10.3. The summed E-state index contributed by atoms with van der Waals surface area (Å²) in [4.78, 5) is 6.67. The van der Waals surface area contributed by atoms with Crippen LogP contribution in [0.4, 0.5) is 5.69 Å². The molecule has 0 aromatic carbocycles. The molecule has 1 aromatic rings. The van der Waals surface area contributed by atoms with Gasteiger partial charge in [0.1, 0.15) is 0 Å². The number of pyridine rings is 1. The molecule has 0 bridgehead atoms. The average molecular weight is 203 g/mol. The lowest BCUT2D eigenvalue weighted by atomic mass is 10.0. The Labute approximate surface area is 90.5 Å². The van der Waals surface area contributed by atoms with Gasteiger partial charge in [-0.2, -0.15) is 0 Å². The van der Waals surface area contributed by atoms with E-state index in [-0.39, 0.29) is 0 Å². The van der Waals surface area contributed by atoms with E-state index >= 15 is 0 Å². The van der Waals surface area contributed by atoms with Crippen LogP contribution in [0.15, 0.2) is 18.5 Å². The Bertz CT molecular complexity index is 352. The molecule has 1 aromatic heterocycles. The largest absolute Gasteiger partial charge is 0.371 e. The Hall–Kier alpha value is -1.09. The van der Waals surface area contributed by atoms with Gasteiger partial charge in [-0.25, -0.2) is 0 Å². The van der Waals surface area contributed by atoms with Gasteiger partial charge in [-0.15, -0.1) is 0 Å². The van der Waals surface area contributed by atoms with Crippen molar-refractivity contribution in [3.63, 3.8) is 0 Å². The van der Waals surface area contributed by atoms with Gasteiger partial charge >= 0.3 is 0 Å². The van der Waals surface area contributed by atoms with E-state index in [0.29, 0.717) is 0 Å². The molecule has 3 nitrogen and oxygen atoms in total. The van der Waals surface area contributed by atoms with Crippen LogP contribution >= 0.6 is 0 Å². The van der Waals surface area contributed by atoms with Crippen molar-refractivity contribution in [1.82, 2.24) is 10.3 Å². The van der Waals surface area contributed by atoms with Crippen molar-refractivity contribution in [3.05, 3.63) is 24.0 Å². The van der Waals surface area contributed by atoms with Crippen LogP contribution in [0.2, 0.25) is 0 Å². The molecule has 2 atom stereocenters. The molecular formula is C12H17N3. The van der Waals surface area contributed by atoms with Gasteiger partial charge in [0.15, 0.2) is 0 Å². The summed E-state index contributed by atoms with van der Waals surface area (Å²) in [5.41, 5.74) is 2.67. The highest BCUT2D eigenvalue weighted by molar-refractivity contribution is 5.52. The van der Waals surface area contributed by atoms with Gasteiger partial charge in [0.25, 0.3) is 0 Å². The third-order valence-corrected chi connectivity index (χ3v) is 3.72. The lowest BCUT2D eigenvalue weighted by Gasteiger charge is -2.21. The van der Waals surface area contributed by atoms with Crippen molar-refractivity contribution in [2.75, 3.05) is 31.1 Å². The Kier molecular flexibility index (Phi) is 2.13. The van der Waals surface area contributed by atoms with E-state index in [9.17, 15) is 0 Å². The van der Waals surface area contributed by atoms with E-state index in [4.69, 9.17) is 0 Å². The van der Waals surface area contributed by atoms with Crippen LogP contribution in [0.3, 0.4) is 0 Å². The van der Waals surface area contributed by atoms with Crippen molar-refractivity contribution in [3.8, 4) is 0 Å². The summed E-state index contributed by atoms with van der Waals surface area (Å²) in [5, 5.41) is 3.47. The van der Waals surface area contributed by atoms with Crippen LogP contribution in [0.25, 0.3) is 0 Å². The van der Waals surface area contributed by atoms with Crippen molar-refractivity contribution in [2.45, 2.75) is 6.92 Å². The maximum atomic E-state index is 4.15. The molecule has 2 saturated heterocycles. The number of hydrogen-bond acceptors (Lipinski definition) is 3. The fraction of sp³-hybridized carbons (Fsp3) is 0.583. The van der Waals surface area contributed by atoms with Gasteiger partial charge < -0.3 is 10.2 Å². The Morgan fingerprint density at radius 1 is 1.33 bits per heavy atom. The molecule has 0 aliphatic carbocycles. The molecule has 15 heavy (non-hydrogen) atoms. The maximum Gasteiger partial charge on any atom is 0.0427 e. The molecule has 3 heteroatoms. The summed E-state index contributed by atoms with van der Waals surface area (Å²) in [6.07, 6.45) is 3.86. The second-order valence-corrected chi connectivity index (χ2v) is 4.75. The van der Waals surface area contributed by atoms with Gasteiger partial charge in [0, 0.05) is 44.3 Å². The van der Waals surface area contributed by atoms with Crippen LogP contribution in [0.1, 0.15) is 5.56 Å². The Morgan fingerprint density at radius 2 is 2.07 bits per heavy atom. The fourth-order valence-corrected chi connectivity index (χ4v) is 2.87. The SMILES string of the molecule is Cc1cnccc1N1CC2CNCC2C1. The van der Waals surface area contributed by atoms with Crippen molar-refractivity contribution in [2.24, 2.45) is 11.8 Å². The smallest absolute Gasteiger partial charge is 0.0427 e. The Balaban J connectivity index is 1.82. The highest BCUT2D eigenvalue weighted by Gasteiger charge is 2.36. The number of nitrogens with one attached hydrogen (secondary N) is 1. The quantitative estimate of drug-likeness (QED) is 0.739. The minimum atomic E-state index is 0.859. The number of aromatic nitrogens is 1. The highest BCUT2D eigenvalue weighted by Crippen LogP contribution is 2.31. The first kappa shape index (κ1) is 9.16. The van der Waals surface area contributed by atoms with Gasteiger partial charge in [-0.05, 0) is 30.4 Å². The molecule has 2 unspecified atom stereocenters. The molecule has 0 amide bonds. The number of fused-ring (bicyclic) bond motifs is 1. The molecular weight excluding hydrogens is 186 g/mol. The summed E-state index contributed by atoms with van der Waals surface area (Å²) < 4.78 is 0. The molecule has 1 N–H and O–H groups in total. The molecule has 2 aliphatic rings. The lowest BCUT2D eigenvalue weighted by molar-refractivity contribution is 0.533. The van der Waals surface area contributed by atoms with E-state index in [1.165, 1.54) is 37.4 Å². The first-order chi connectivity index (χ1) is 7.34. The zero-order valence-corrected chi connectivity index (χ0v) is 9.11. The van der Waals surface area contributed by atoms with Crippen molar-refractivity contribution in [1.29, 1.82) is 0 Å². The van der Waals surface area contributed by atoms with Gasteiger partial charge in [-0.3, -0.25) is 4.98 Å². The summed E-state index contributed by atoms with van der Waals surface area (Å²) in [7, 11) is 0. The van der Waals surface area contributed by atoms with Crippen LogP contribution in [0, 0.1) is 18.8 Å². The van der Waals surface area contributed by atoms with Crippen molar-refractivity contribution >= 4 is 5.69 Å². The van der Waals surface area contributed by atoms with Crippen LogP contribution < -0.4 is 10.2 Å². The third kappa shape index (κ3) is 1.51. The summed E-state index contributed by atoms with van der Waals surface area (Å²) in [5.74, 6) is 1.72. The van der Waals surface area contributed by atoms with Gasteiger partial charge in [0.2, 0.25) is 0 Å². The number of hydrogen-bond donors (Lipinski definition) is 1. The molecule has 0 saturated carbocycles. The van der Waals surface area contributed by atoms with Gasteiger partial charge in [-0.1, -0.05) is 0 Å². The van der Waals surface area contributed by atoms with E-state index in [1.807, 2.05) is 12.4 Å². The molecule has 3 rings (SSSR count). The van der Waals surface area contributed by atoms with Crippen LogP contribution in [-0.2, 0) is 0 Å². The molecule has 2 fully saturated rings. The Morgan fingerprint density at radius 3 is 2.73 bits per heavy atom. The summed E-state index contributed by atoms with van der Waals surface area (Å²) in [6, 6.07) is 2.14. The molecule has 2 aliphatic heterocycles. The monoisotopic (exact) mass is 203 g/mol. The first-order valence-corrected chi connectivity index (χ1v) is 5.71. The molecule has 0 spiro atoms. The topological polar surface area (TPSA) is 28.2 Å². The summed E-state index contributed by atoms with van der Waals surface area (Å²) >= 11 is 0. The number of aryl methyl sites for hydroxylation is 1. The second kappa shape index (κ2) is 3.49. The second-order valence-electron chi connectivity index (χ2n) is 4.75. The van der Waals surface area contributed by atoms with E-state index < -0.39 is 0 Å². The molecule has 3 heterocycles. The molecule has 0 radical (unpaired) electrons. The molecule has 80 valence electrons. The van der Waals surface area contributed by atoms with E-state index in [0.717, 1.165) is 11.8 Å². The average Bonchev–Trinajstić information content (AvgIpc) is 2.77. The predicted octanol–water partition coefficient (Wildman–Crippen LogP) is 1.05. The number of rotatable bonds is 1. The number of nitrogens with zero attached hydrogens (tertiary/aromatic N) is 2. The first-order valence-electron chi connectivity index (χ1n) is 5.71. The normalized spacial score (nSPS) is 29.5. The van der Waals surface area contributed by atoms with Crippen molar-refractivity contribution < 1.29 is 0 Å². The standard InChI is InChI=1S/C12H17N3/c1-9-4-13-3-2-12(9)15-7-10-5-14-6-11(10)8-15/h2-4,10-11,14H,5-8H2,1H3. The predicted molar refractivity (Wildman–Crippen MR) is 61.0 cm³/mol. The van der Waals surface area contributed by atoms with Crippen LogP contribution in [0.5, 0.6) is 0 Å². The third-order valence-electron chi connectivity index (χ3n) is 3.72. The highest BCUT2D eigenvalue weighted by atomic mass is 15.2. The number of anilines is 1. The zero-order valence-electron chi connectivity index (χ0n) is 9.11. The van der Waals surface area contributed by atoms with E-state index in [1.54, 1.807) is 0 Å².